The molecule has 3 N–H and O–H groups in total. The maximum atomic E-state index is 12.1. The van der Waals surface area contributed by atoms with Crippen LogP contribution in [0.4, 0.5) is 5.69 Å². The van der Waals surface area contributed by atoms with Crippen molar-refractivity contribution in [3.05, 3.63) is 41.7 Å². The number of hydrogen-bond acceptors (Lipinski definition) is 4. The molecule has 0 fully saturated rings. The summed E-state index contributed by atoms with van der Waals surface area (Å²) in [6.07, 6.45) is 2.99. The number of carbonyl (C=O) groups is 1. The Bertz CT molecular complexity index is 723. The van der Waals surface area contributed by atoms with Crippen LogP contribution in [0.1, 0.15) is 22.8 Å². The van der Waals surface area contributed by atoms with E-state index in [-0.39, 0.29) is 16.1 Å². The normalized spacial score (nSPS) is 11.2. The van der Waals surface area contributed by atoms with Crippen LogP contribution >= 0.6 is 0 Å². The number of aromatic carboxylic acids is 1. The van der Waals surface area contributed by atoms with E-state index in [1.165, 1.54) is 24.5 Å². The first-order chi connectivity index (χ1) is 9.44. The van der Waals surface area contributed by atoms with Crippen LogP contribution in [0.25, 0.3) is 0 Å². The van der Waals surface area contributed by atoms with Gasteiger partial charge in [0.15, 0.2) is 0 Å². The molecule has 0 spiro atoms. The van der Waals surface area contributed by atoms with Crippen LogP contribution < -0.4 is 4.72 Å². The van der Waals surface area contributed by atoms with Gasteiger partial charge in [-0.15, -0.1) is 0 Å². The van der Waals surface area contributed by atoms with Gasteiger partial charge in [0, 0.05) is 6.20 Å². The Morgan fingerprint density at radius 2 is 2.20 bits per heavy atom. The summed E-state index contributed by atoms with van der Waals surface area (Å²) in [5.41, 5.74) is 0.989. The van der Waals surface area contributed by atoms with Gasteiger partial charge in [-0.25, -0.2) is 13.2 Å². The van der Waals surface area contributed by atoms with E-state index in [2.05, 4.69) is 14.9 Å². The SMILES string of the molecule is CCc1ccc(C(=O)O)cc1NS(=O)(=O)c1cn[nH]c1. The lowest BCUT2D eigenvalue weighted by Crippen LogP contribution is -2.14. The van der Waals surface area contributed by atoms with E-state index in [4.69, 9.17) is 5.11 Å². The van der Waals surface area contributed by atoms with E-state index < -0.39 is 16.0 Å². The number of aromatic amines is 1. The lowest BCUT2D eigenvalue weighted by atomic mass is 10.1. The van der Waals surface area contributed by atoms with Gasteiger partial charge in [-0.2, -0.15) is 5.10 Å². The molecule has 0 bridgehead atoms. The van der Waals surface area contributed by atoms with E-state index in [0.717, 1.165) is 0 Å². The first kappa shape index (κ1) is 14.1. The summed E-state index contributed by atoms with van der Waals surface area (Å²) in [6, 6.07) is 4.34. The van der Waals surface area contributed by atoms with Crippen LogP contribution in [0.15, 0.2) is 35.5 Å². The first-order valence-electron chi connectivity index (χ1n) is 5.82. The number of anilines is 1. The van der Waals surface area contributed by atoms with E-state index in [1.807, 2.05) is 6.92 Å². The Labute approximate surface area is 115 Å². The van der Waals surface area contributed by atoms with E-state index in [1.54, 1.807) is 6.07 Å². The van der Waals surface area contributed by atoms with Crippen LogP contribution in [-0.4, -0.2) is 29.7 Å². The zero-order valence-electron chi connectivity index (χ0n) is 10.6. The van der Waals surface area contributed by atoms with E-state index in [0.29, 0.717) is 12.0 Å². The number of aromatic nitrogens is 2. The molecule has 1 aromatic carbocycles. The summed E-state index contributed by atoms with van der Waals surface area (Å²) >= 11 is 0. The molecule has 2 aromatic rings. The third kappa shape index (κ3) is 2.80. The quantitative estimate of drug-likeness (QED) is 0.773. The fourth-order valence-corrected chi connectivity index (χ4v) is 2.70. The average Bonchev–Trinajstić information content (AvgIpc) is 2.92. The monoisotopic (exact) mass is 295 g/mol. The highest BCUT2D eigenvalue weighted by Gasteiger charge is 2.17. The van der Waals surface area contributed by atoms with Crippen molar-refractivity contribution >= 4 is 21.7 Å². The number of hydrogen-bond donors (Lipinski definition) is 3. The van der Waals surface area contributed by atoms with Crippen molar-refractivity contribution in [3.63, 3.8) is 0 Å². The van der Waals surface area contributed by atoms with Crippen LogP contribution in [0.2, 0.25) is 0 Å². The van der Waals surface area contributed by atoms with Crippen molar-refractivity contribution in [2.24, 2.45) is 0 Å². The summed E-state index contributed by atoms with van der Waals surface area (Å²) in [4.78, 5) is 10.9. The number of rotatable bonds is 5. The Hall–Kier alpha value is -2.35. The lowest BCUT2D eigenvalue weighted by Gasteiger charge is -2.11. The van der Waals surface area contributed by atoms with Gasteiger partial charge in [-0.1, -0.05) is 13.0 Å². The second-order valence-electron chi connectivity index (χ2n) is 4.07. The molecule has 0 aliphatic carbocycles. The molecule has 106 valence electrons. The lowest BCUT2D eigenvalue weighted by molar-refractivity contribution is 0.0697. The third-order valence-electron chi connectivity index (χ3n) is 2.77. The fourth-order valence-electron chi connectivity index (χ4n) is 1.70. The molecular weight excluding hydrogens is 282 g/mol. The Balaban J connectivity index is 2.42. The first-order valence-corrected chi connectivity index (χ1v) is 7.30. The summed E-state index contributed by atoms with van der Waals surface area (Å²) < 4.78 is 26.6. The van der Waals surface area contributed by atoms with Crippen molar-refractivity contribution in [2.75, 3.05) is 4.72 Å². The molecule has 1 aromatic heterocycles. The molecule has 20 heavy (non-hydrogen) atoms. The van der Waals surface area contributed by atoms with Crippen molar-refractivity contribution < 1.29 is 18.3 Å². The van der Waals surface area contributed by atoms with Crippen molar-refractivity contribution in [1.29, 1.82) is 0 Å². The van der Waals surface area contributed by atoms with Gasteiger partial charge in [0.05, 0.1) is 17.4 Å². The average molecular weight is 295 g/mol. The molecule has 0 aliphatic heterocycles. The second kappa shape index (κ2) is 5.33. The number of aryl methyl sites for hydroxylation is 1. The molecule has 2 rings (SSSR count). The maximum Gasteiger partial charge on any atom is 0.335 e. The van der Waals surface area contributed by atoms with Gasteiger partial charge in [0.1, 0.15) is 4.90 Å². The maximum absolute atomic E-state index is 12.1. The van der Waals surface area contributed by atoms with Crippen LogP contribution in [-0.2, 0) is 16.4 Å². The van der Waals surface area contributed by atoms with Crippen molar-refractivity contribution in [3.8, 4) is 0 Å². The van der Waals surface area contributed by atoms with Gasteiger partial charge in [0.25, 0.3) is 10.0 Å². The minimum Gasteiger partial charge on any atom is -0.478 e. The highest BCUT2D eigenvalue weighted by Crippen LogP contribution is 2.22. The minimum absolute atomic E-state index is 0.0136. The van der Waals surface area contributed by atoms with Gasteiger partial charge in [0.2, 0.25) is 0 Å². The highest BCUT2D eigenvalue weighted by molar-refractivity contribution is 7.92. The van der Waals surface area contributed by atoms with Crippen LogP contribution in [0.3, 0.4) is 0 Å². The summed E-state index contributed by atoms with van der Waals surface area (Å²) in [5, 5.41) is 15.0. The molecule has 0 radical (unpaired) electrons. The molecule has 8 heteroatoms. The van der Waals surface area contributed by atoms with E-state index >= 15 is 0 Å². The Morgan fingerprint density at radius 3 is 2.75 bits per heavy atom. The molecule has 7 nitrogen and oxygen atoms in total. The summed E-state index contributed by atoms with van der Waals surface area (Å²) in [7, 11) is -3.78. The largest absolute Gasteiger partial charge is 0.478 e. The van der Waals surface area contributed by atoms with Crippen molar-refractivity contribution in [2.45, 2.75) is 18.2 Å². The molecular formula is C12H13N3O4S. The third-order valence-corrected chi connectivity index (χ3v) is 4.10. The summed E-state index contributed by atoms with van der Waals surface area (Å²) in [5.74, 6) is -1.11. The molecule has 0 amide bonds. The zero-order chi connectivity index (χ0) is 14.8. The van der Waals surface area contributed by atoms with E-state index in [9.17, 15) is 13.2 Å². The topological polar surface area (TPSA) is 112 Å². The Kier molecular flexibility index (Phi) is 3.75. The fraction of sp³-hybridized carbons (Fsp3) is 0.167. The predicted molar refractivity (Wildman–Crippen MR) is 72.2 cm³/mol. The number of carboxylic acid groups (broad SMARTS) is 1. The smallest absolute Gasteiger partial charge is 0.335 e. The molecule has 0 saturated carbocycles. The highest BCUT2D eigenvalue weighted by atomic mass is 32.2. The zero-order valence-corrected chi connectivity index (χ0v) is 11.4. The molecule has 0 aliphatic rings. The Morgan fingerprint density at radius 1 is 1.45 bits per heavy atom. The second-order valence-corrected chi connectivity index (χ2v) is 5.75. The summed E-state index contributed by atoms with van der Waals surface area (Å²) in [6.45, 7) is 1.85. The van der Waals surface area contributed by atoms with Gasteiger partial charge < -0.3 is 5.11 Å². The number of H-pyrrole nitrogens is 1. The number of sulfonamides is 1. The number of carboxylic acids is 1. The molecule has 0 atom stereocenters. The number of nitrogens with zero attached hydrogens (tertiary/aromatic N) is 1. The van der Waals surface area contributed by atoms with Gasteiger partial charge >= 0.3 is 5.97 Å². The van der Waals surface area contributed by atoms with Crippen LogP contribution in [0, 0.1) is 0 Å². The predicted octanol–water partition coefficient (Wildman–Crippen LogP) is 1.47. The molecule has 1 heterocycles. The van der Waals surface area contributed by atoms with Crippen LogP contribution in [0.5, 0.6) is 0 Å². The number of benzene rings is 1. The molecule has 0 unspecified atom stereocenters. The molecule has 0 saturated heterocycles. The minimum atomic E-state index is -3.78. The number of nitrogens with one attached hydrogen (secondary N) is 2. The standard InChI is InChI=1S/C12H13N3O4S/c1-2-8-3-4-9(12(16)17)5-11(8)15-20(18,19)10-6-13-14-7-10/h3-7,15H,2H2,1H3,(H,13,14)(H,16,17). The van der Waals surface area contributed by atoms with Gasteiger partial charge in [-0.05, 0) is 24.1 Å². The van der Waals surface area contributed by atoms with Gasteiger partial charge in [-0.3, -0.25) is 9.82 Å². The van der Waals surface area contributed by atoms with Crippen molar-refractivity contribution in [1.82, 2.24) is 10.2 Å².